The molecule has 1 unspecified atom stereocenters. The minimum Gasteiger partial charge on any atom is -0.459 e. The van der Waals surface area contributed by atoms with Crippen molar-refractivity contribution in [2.75, 3.05) is 20.6 Å². The van der Waals surface area contributed by atoms with E-state index in [1.165, 1.54) is 17.4 Å². The second-order valence-electron chi connectivity index (χ2n) is 5.08. The zero-order valence-electron chi connectivity index (χ0n) is 12.1. The first-order valence-corrected chi connectivity index (χ1v) is 6.62. The van der Waals surface area contributed by atoms with E-state index in [4.69, 9.17) is 4.42 Å². The van der Waals surface area contributed by atoms with E-state index in [1.54, 1.807) is 12.1 Å². The molecule has 1 heterocycles. The van der Waals surface area contributed by atoms with E-state index in [0.29, 0.717) is 12.3 Å². The largest absolute Gasteiger partial charge is 0.459 e. The van der Waals surface area contributed by atoms with Gasteiger partial charge in [0.05, 0.1) is 12.3 Å². The van der Waals surface area contributed by atoms with E-state index in [-0.39, 0.29) is 11.9 Å². The van der Waals surface area contributed by atoms with E-state index in [0.717, 1.165) is 0 Å². The summed E-state index contributed by atoms with van der Waals surface area (Å²) in [4.78, 5) is 14.0. The van der Waals surface area contributed by atoms with Crippen LogP contribution >= 0.6 is 0 Å². The van der Waals surface area contributed by atoms with Crippen molar-refractivity contribution < 1.29 is 9.21 Å². The molecule has 0 spiro atoms. The molecule has 2 rings (SSSR count). The van der Waals surface area contributed by atoms with Gasteiger partial charge in [-0.25, -0.2) is 0 Å². The summed E-state index contributed by atoms with van der Waals surface area (Å²) in [6.45, 7) is 2.60. The lowest BCUT2D eigenvalue weighted by molar-refractivity contribution is 0.0914. The Morgan fingerprint density at radius 3 is 2.50 bits per heavy atom. The Labute approximate surface area is 119 Å². The first kappa shape index (κ1) is 14.3. The molecule has 106 valence electrons. The molecule has 1 N–H and O–H groups in total. The average molecular weight is 272 g/mol. The quantitative estimate of drug-likeness (QED) is 0.910. The molecular formula is C16H20N2O2. The lowest BCUT2D eigenvalue weighted by Gasteiger charge is -2.25. The molecule has 0 saturated carbocycles. The third kappa shape index (κ3) is 3.48. The van der Waals surface area contributed by atoms with Crippen LogP contribution < -0.4 is 5.32 Å². The van der Waals surface area contributed by atoms with Crippen LogP contribution in [0.1, 0.15) is 27.7 Å². The highest BCUT2D eigenvalue weighted by Crippen LogP contribution is 2.18. The zero-order valence-corrected chi connectivity index (χ0v) is 12.1. The number of hydrogen-bond acceptors (Lipinski definition) is 3. The number of likely N-dealkylation sites (N-methyl/N-ethyl adjacent to an activating group) is 1. The number of amides is 1. The van der Waals surface area contributed by atoms with Crippen molar-refractivity contribution in [3.05, 3.63) is 59.5 Å². The molecule has 1 aromatic heterocycles. The monoisotopic (exact) mass is 272 g/mol. The van der Waals surface area contributed by atoms with Gasteiger partial charge in [0.1, 0.15) is 0 Å². The lowest BCUT2D eigenvalue weighted by atomic mass is 10.0. The number of benzene rings is 1. The van der Waals surface area contributed by atoms with Crippen LogP contribution in [0.3, 0.4) is 0 Å². The smallest absolute Gasteiger partial charge is 0.287 e. The first-order valence-electron chi connectivity index (χ1n) is 6.62. The van der Waals surface area contributed by atoms with Crippen LogP contribution in [0.25, 0.3) is 0 Å². The Balaban J connectivity index is 2.03. The minimum absolute atomic E-state index is 0.134. The molecular weight excluding hydrogens is 252 g/mol. The number of carbonyl (C=O) groups is 1. The van der Waals surface area contributed by atoms with Crippen molar-refractivity contribution in [3.63, 3.8) is 0 Å². The van der Waals surface area contributed by atoms with Gasteiger partial charge in [-0.1, -0.05) is 29.8 Å². The molecule has 0 aliphatic carbocycles. The summed E-state index contributed by atoms with van der Waals surface area (Å²) in [7, 11) is 4.01. The van der Waals surface area contributed by atoms with Crippen molar-refractivity contribution in [1.29, 1.82) is 0 Å². The van der Waals surface area contributed by atoms with E-state index in [1.807, 2.05) is 14.1 Å². The third-order valence-corrected chi connectivity index (χ3v) is 3.29. The number of furan rings is 1. The van der Waals surface area contributed by atoms with Gasteiger partial charge in [0, 0.05) is 6.54 Å². The number of nitrogens with one attached hydrogen (secondary N) is 1. The predicted octanol–water partition coefficient (Wildman–Crippen LogP) is 2.62. The second-order valence-corrected chi connectivity index (χ2v) is 5.08. The number of rotatable bonds is 5. The second kappa shape index (κ2) is 6.39. The van der Waals surface area contributed by atoms with Crippen molar-refractivity contribution in [2.24, 2.45) is 0 Å². The summed E-state index contributed by atoms with van der Waals surface area (Å²) in [6.07, 6.45) is 1.50. The molecule has 1 aromatic carbocycles. The molecule has 1 amide bonds. The molecule has 0 aliphatic rings. The van der Waals surface area contributed by atoms with Crippen LogP contribution in [-0.2, 0) is 0 Å². The topological polar surface area (TPSA) is 45.5 Å². The summed E-state index contributed by atoms with van der Waals surface area (Å²) in [5.41, 5.74) is 2.41. The Morgan fingerprint density at radius 1 is 1.25 bits per heavy atom. The van der Waals surface area contributed by atoms with Crippen LogP contribution in [0, 0.1) is 6.92 Å². The molecule has 2 aromatic rings. The Bertz CT molecular complexity index is 544. The van der Waals surface area contributed by atoms with E-state index in [2.05, 4.69) is 41.4 Å². The minimum atomic E-state index is -0.186. The van der Waals surface area contributed by atoms with E-state index < -0.39 is 0 Å². The summed E-state index contributed by atoms with van der Waals surface area (Å²) in [5, 5.41) is 2.91. The molecule has 4 nitrogen and oxygen atoms in total. The van der Waals surface area contributed by atoms with Crippen LogP contribution in [0.15, 0.2) is 47.1 Å². The highest BCUT2D eigenvalue weighted by atomic mass is 16.3. The standard InChI is InChI=1S/C16H20N2O2/c1-12-6-8-13(9-7-12)14(18(2)3)11-17-16(19)15-5-4-10-20-15/h4-10,14H,11H2,1-3H3,(H,17,19). The molecule has 0 saturated heterocycles. The van der Waals surface area contributed by atoms with Gasteiger partial charge in [0.15, 0.2) is 5.76 Å². The van der Waals surface area contributed by atoms with Gasteiger partial charge in [-0.05, 0) is 38.7 Å². The Morgan fingerprint density at radius 2 is 1.95 bits per heavy atom. The maximum Gasteiger partial charge on any atom is 0.287 e. The molecule has 20 heavy (non-hydrogen) atoms. The molecule has 4 heteroatoms. The van der Waals surface area contributed by atoms with E-state index in [9.17, 15) is 4.79 Å². The zero-order chi connectivity index (χ0) is 14.5. The maximum absolute atomic E-state index is 11.9. The van der Waals surface area contributed by atoms with E-state index >= 15 is 0 Å². The maximum atomic E-state index is 11.9. The van der Waals surface area contributed by atoms with Crippen LogP contribution in [0.5, 0.6) is 0 Å². The normalized spacial score (nSPS) is 12.4. The van der Waals surface area contributed by atoms with Gasteiger partial charge in [-0.3, -0.25) is 4.79 Å². The summed E-state index contributed by atoms with van der Waals surface area (Å²) in [5.74, 6) is 0.153. The van der Waals surface area contributed by atoms with Gasteiger partial charge >= 0.3 is 0 Å². The van der Waals surface area contributed by atoms with Gasteiger partial charge in [0.25, 0.3) is 5.91 Å². The number of carbonyl (C=O) groups excluding carboxylic acids is 1. The third-order valence-electron chi connectivity index (χ3n) is 3.29. The van der Waals surface area contributed by atoms with Crippen LogP contribution in [0.2, 0.25) is 0 Å². The SMILES string of the molecule is Cc1ccc(C(CNC(=O)c2ccco2)N(C)C)cc1. The van der Waals surface area contributed by atoms with Gasteiger partial charge < -0.3 is 14.6 Å². The van der Waals surface area contributed by atoms with Crippen molar-refractivity contribution in [3.8, 4) is 0 Å². The fraction of sp³-hybridized carbons (Fsp3) is 0.312. The molecule has 1 atom stereocenters. The summed E-state index contributed by atoms with van der Waals surface area (Å²) < 4.78 is 5.08. The van der Waals surface area contributed by atoms with Gasteiger partial charge in [-0.15, -0.1) is 0 Å². The molecule has 0 aliphatic heterocycles. The molecule has 0 radical (unpaired) electrons. The van der Waals surface area contributed by atoms with Gasteiger partial charge in [-0.2, -0.15) is 0 Å². The van der Waals surface area contributed by atoms with Gasteiger partial charge in [0.2, 0.25) is 0 Å². The predicted molar refractivity (Wildman–Crippen MR) is 78.6 cm³/mol. The highest BCUT2D eigenvalue weighted by molar-refractivity contribution is 5.91. The number of hydrogen-bond donors (Lipinski definition) is 1. The Hall–Kier alpha value is -2.07. The number of aryl methyl sites for hydroxylation is 1. The number of nitrogens with zero attached hydrogens (tertiary/aromatic N) is 1. The summed E-state index contributed by atoms with van der Waals surface area (Å²) in [6, 6.07) is 11.9. The molecule has 0 bridgehead atoms. The molecule has 0 fully saturated rings. The average Bonchev–Trinajstić information content (AvgIpc) is 2.94. The van der Waals surface area contributed by atoms with Crippen molar-refractivity contribution in [1.82, 2.24) is 10.2 Å². The highest BCUT2D eigenvalue weighted by Gasteiger charge is 2.16. The van der Waals surface area contributed by atoms with Crippen LogP contribution in [0.4, 0.5) is 0 Å². The lowest BCUT2D eigenvalue weighted by Crippen LogP contribution is -2.34. The fourth-order valence-corrected chi connectivity index (χ4v) is 2.07. The first-order chi connectivity index (χ1) is 9.58. The Kier molecular flexibility index (Phi) is 4.58. The van der Waals surface area contributed by atoms with Crippen LogP contribution in [-0.4, -0.2) is 31.4 Å². The van der Waals surface area contributed by atoms with Crippen molar-refractivity contribution >= 4 is 5.91 Å². The fourth-order valence-electron chi connectivity index (χ4n) is 2.07. The van der Waals surface area contributed by atoms with Crippen molar-refractivity contribution in [2.45, 2.75) is 13.0 Å². The summed E-state index contributed by atoms with van der Waals surface area (Å²) >= 11 is 0.